The first kappa shape index (κ1) is 10.6. The van der Waals surface area contributed by atoms with Gasteiger partial charge in [0.2, 0.25) is 5.95 Å². The minimum Gasteiger partial charge on any atom is -0.368 e. The van der Waals surface area contributed by atoms with Gasteiger partial charge in [-0.05, 0) is 18.4 Å². The molecule has 0 aromatic carbocycles. The highest BCUT2D eigenvalue weighted by Gasteiger charge is 2.07. The molecular formula is C9H9N5OS. The van der Waals surface area contributed by atoms with Crippen LogP contribution in [0, 0.1) is 0 Å². The summed E-state index contributed by atoms with van der Waals surface area (Å²) in [6.07, 6.45) is 2.99. The molecule has 0 radical (unpaired) electrons. The normalized spacial score (nSPS) is 11.3. The Balaban J connectivity index is 2.35. The van der Waals surface area contributed by atoms with Crippen molar-refractivity contribution in [3.8, 4) is 0 Å². The molecule has 2 heterocycles. The van der Waals surface area contributed by atoms with Gasteiger partial charge in [-0.1, -0.05) is 11.8 Å². The highest BCUT2D eigenvalue weighted by molar-refractivity contribution is 8.02. The molecule has 0 fully saturated rings. The number of aromatic nitrogens is 4. The minimum absolute atomic E-state index is 0.0182. The van der Waals surface area contributed by atoms with Crippen molar-refractivity contribution in [1.82, 2.24) is 19.9 Å². The Morgan fingerprint density at radius 3 is 3.12 bits per heavy atom. The number of fused-ring (bicyclic) bond motifs is 1. The van der Waals surface area contributed by atoms with Crippen molar-refractivity contribution < 1.29 is 4.79 Å². The minimum atomic E-state index is -0.0182. The van der Waals surface area contributed by atoms with Crippen LogP contribution in [0.25, 0.3) is 11.2 Å². The largest absolute Gasteiger partial charge is 0.368 e. The molecule has 6 nitrogen and oxygen atoms in total. The molecule has 0 saturated carbocycles. The van der Waals surface area contributed by atoms with Gasteiger partial charge >= 0.3 is 0 Å². The Morgan fingerprint density at radius 2 is 2.38 bits per heavy atom. The first-order valence-electron chi connectivity index (χ1n) is 4.47. The van der Waals surface area contributed by atoms with Crippen LogP contribution in [0.1, 0.15) is 6.92 Å². The zero-order valence-electron chi connectivity index (χ0n) is 8.47. The Bertz CT molecular complexity index is 562. The van der Waals surface area contributed by atoms with Crippen molar-refractivity contribution in [2.45, 2.75) is 11.9 Å². The van der Waals surface area contributed by atoms with E-state index in [-0.39, 0.29) is 11.7 Å². The number of nitrogens with zero attached hydrogens (tertiary/aromatic N) is 3. The van der Waals surface area contributed by atoms with Crippen LogP contribution in [0.5, 0.6) is 0 Å². The molecule has 82 valence electrons. The van der Waals surface area contributed by atoms with Crippen molar-refractivity contribution in [3.05, 3.63) is 17.8 Å². The summed E-state index contributed by atoms with van der Waals surface area (Å²) in [4.78, 5) is 25.7. The summed E-state index contributed by atoms with van der Waals surface area (Å²) < 4.78 is 0. The molecular weight excluding hydrogens is 226 g/mol. The molecule has 0 atom stereocenters. The molecule has 7 heteroatoms. The van der Waals surface area contributed by atoms with Gasteiger partial charge in [0.05, 0.1) is 6.33 Å². The average Bonchev–Trinajstić information content (AvgIpc) is 2.64. The van der Waals surface area contributed by atoms with Crippen molar-refractivity contribution in [2.24, 2.45) is 0 Å². The van der Waals surface area contributed by atoms with Crippen LogP contribution in [0.3, 0.4) is 0 Å². The predicted molar refractivity (Wildman–Crippen MR) is 61.8 cm³/mol. The van der Waals surface area contributed by atoms with Crippen molar-refractivity contribution in [3.63, 3.8) is 0 Å². The lowest BCUT2D eigenvalue weighted by atomic mass is 10.5. The van der Waals surface area contributed by atoms with Gasteiger partial charge in [-0.2, -0.15) is 4.98 Å². The van der Waals surface area contributed by atoms with E-state index in [2.05, 4.69) is 19.9 Å². The number of nitrogen functional groups attached to an aromatic ring is 1. The number of nitrogens with one attached hydrogen (secondary N) is 1. The molecule has 0 aliphatic heterocycles. The fourth-order valence-electron chi connectivity index (χ4n) is 1.10. The molecule has 2 aromatic heterocycles. The predicted octanol–water partition coefficient (Wildman–Crippen LogP) is 1.13. The Morgan fingerprint density at radius 1 is 1.56 bits per heavy atom. The second-order valence-corrected chi connectivity index (χ2v) is 3.91. The fraction of sp³-hybridized carbons (Fsp3) is 0.111. The third-order valence-electron chi connectivity index (χ3n) is 1.75. The Labute approximate surface area is 95.4 Å². The molecule has 0 aliphatic carbocycles. The summed E-state index contributed by atoms with van der Waals surface area (Å²) in [7, 11) is 0. The fourth-order valence-corrected chi connectivity index (χ4v) is 1.91. The zero-order valence-corrected chi connectivity index (χ0v) is 9.28. The first-order valence-corrected chi connectivity index (χ1v) is 5.35. The summed E-state index contributed by atoms with van der Waals surface area (Å²) in [5.74, 6) is 0.147. The first-order chi connectivity index (χ1) is 7.66. The van der Waals surface area contributed by atoms with Gasteiger partial charge in [-0.3, -0.25) is 4.79 Å². The summed E-state index contributed by atoms with van der Waals surface area (Å²) in [5.41, 5.74) is 6.77. The molecule has 0 aliphatic rings. The maximum absolute atomic E-state index is 10.7. The van der Waals surface area contributed by atoms with Crippen LogP contribution in [0.4, 0.5) is 5.95 Å². The van der Waals surface area contributed by atoms with E-state index in [0.717, 1.165) is 0 Å². The smallest absolute Gasteiger partial charge is 0.223 e. The van der Waals surface area contributed by atoms with Crippen molar-refractivity contribution >= 4 is 34.7 Å². The highest BCUT2D eigenvalue weighted by Crippen LogP contribution is 2.24. The number of rotatable bonds is 3. The molecule has 0 amide bonds. The number of nitrogens with two attached hydrogens (primary N) is 1. The molecule has 16 heavy (non-hydrogen) atoms. The number of aromatic amines is 1. The SMILES string of the molecule is CC(=O)/C=C\Sc1nc(N)nc2nc[nH]c12. The van der Waals surface area contributed by atoms with Gasteiger partial charge in [0.25, 0.3) is 0 Å². The number of carbonyl (C=O) groups excluding carboxylic acids is 1. The molecule has 0 spiro atoms. The summed E-state index contributed by atoms with van der Waals surface area (Å²) >= 11 is 1.29. The Kier molecular flexibility index (Phi) is 2.86. The number of hydrogen-bond acceptors (Lipinski definition) is 6. The maximum atomic E-state index is 10.7. The molecule has 2 rings (SSSR count). The van der Waals surface area contributed by atoms with E-state index in [0.29, 0.717) is 16.2 Å². The third-order valence-corrected chi connectivity index (χ3v) is 2.54. The quantitative estimate of drug-likeness (QED) is 0.470. The number of H-pyrrole nitrogens is 1. The molecule has 0 saturated heterocycles. The van der Waals surface area contributed by atoms with Gasteiger partial charge < -0.3 is 10.7 Å². The van der Waals surface area contributed by atoms with Crippen LogP contribution in [0.15, 0.2) is 22.8 Å². The van der Waals surface area contributed by atoms with Crippen LogP contribution in [-0.4, -0.2) is 25.7 Å². The van der Waals surface area contributed by atoms with Crippen LogP contribution < -0.4 is 5.73 Å². The second-order valence-electron chi connectivity index (χ2n) is 3.02. The van der Waals surface area contributed by atoms with E-state index < -0.39 is 0 Å². The monoisotopic (exact) mass is 235 g/mol. The van der Waals surface area contributed by atoms with E-state index in [1.165, 1.54) is 31.1 Å². The summed E-state index contributed by atoms with van der Waals surface area (Å²) in [6, 6.07) is 0. The van der Waals surface area contributed by atoms with Crippen LogP contribution in [-0.2, 0) is 4.79 Å². The lowest BCUT2D eigenvalue weighted by Crippen LogP contribution is -1.96. The van der Waals surface area contributed by atoms with Gasteiger partial charge in [-0.15, -0.1) is 0 Å². The molecule has 3 N–H and O–H groups in total. The average molecular weight is 235 g/mol. The van der Waals surface area contributed by atoms with E-state index in [9.17, 15) is 4.79 Å². The lowest BCUT2D eigenvalue weighted by Gasteiger charge is -1.98. The number of allylic oxidation sites excluding steroid dienone is 1. The standard InChI is InChI=1S/C9H9N5OS/c1-5(15)2-3-16-8-6-7(12-4-11-6)13-9(10)14-8/h2-4H,1H3,(H3,10,11,12,13,14)/b3-2-. The number of hydrogen-bond donors (Lipinski definition) is 2. The summed E-state index contributed by atoms with van der Waals surface area (Å²) in [6.45, 7) is 1.48. The van der Waals surface area contributed by atoms with E-state index in [1.54, 1.807) is 5.41 Å². The van der Waals surface area contributed by atoms with Gasteiger partial charge in [-0.25, -0.2) is 9.97 Å². The number of carbonyl (C=O) groups is 1. The van der Waals surface area contributed by atoms with E-state index >= 15 is 0 Å². The van der Waals surface area contributed by atoms with Gasteiger partial charge in [0.15, 0.2) is 11.4 Å². The topological polar surface area (TPSA) is 97.6 Å². The number of imidazole rings is 1. The Hall–Kier alpha value is -1.89. The molecule has 0 bridgehead atoms. The number of anilines is 1. The number of thioether (sulfide) groups is 1. The molecule has 2 aromatic rings. The van der Waals surface area contributed by atoms with E-state index in [4.69, 9.17) is 5.73 Å². The third kappa shape index (κ3) is 2.19. The second kappa shape index (κ2) is 4.31. The summed E-state index contributed by atoms with van der Waals surface area (Å²) in [5, 5.41) is 2.31. The maximum Gasteiger partial charge on any atom is 0.223 e. The van der Waals surface area contributed by atoms with Crippen molar-refractivity contribution in [2.75, 3.05) is 5.73 Å². The highest BCUT2D eigenvalue weighted by atomic mass is 32.2. The lowest BCUT2D eigenvalue weighted by molar-refractivity contribution is -0.112. The van der Waals surface area contributed by atoms with Crippen LogP contribution >= 0.6 is 11.8 Å². The zero-order chi connectivity index (χ0) is 11.5. The van der Waals surface area contributed by atoms with Gasteiger partial charge in [0, 0.05) is 0 Å². The van der Waals surface area contributed by atoms with Crippen molar-refractivity contribution in [1.29, 1.82) is 0 Å². The number of ketones is 1. The molecule has 0 unspecified atom stereocenters. The van der Waals surface area contributed by atoms with E-state index in [1.807, 2.05) is 0 Å². The van der Waals surface area contributed by atoms with Gasteiger partial charge in [0.1, 0.15) is 10.5 Å². The van der Waals surface area contributed by atoms with Crippen LogP contribution in [0.2, 0.25) is 0 Å².